The molecule has 0 radical (unpaired) electrons. The summed E-state index contributed by atoms with van der Waals surface area (Å²) in [6.07, 6.45) is 34.6. The molecular formula is C41H79O10P. The Balaban J connectivity index is 4.29. The summed E-state index contributed by atoms with van der Waals surface area (Å²) in [4.78, 5) is 34.9. The molecule has 308 valence electrons. The first kappa shape index (κ1) is 50.7. The number of ether oxygens (including phenoxy) is 2. The summed E-state index contributed by atoms with van der Waals surface area (Å²) in [6, 6.07) is 0. The maximum Gasteiger partial charge on any atom is 0.472 e. The van der Waals surface area contributed by atoms with Crippen LogP contribution in [0.25, 0.3) is 0 Å². The number of carbonyl (C=O) groups excluding carboxylic acids is 2. The Bertz CT molecular complexity index is 884. The number of aliphatic hydroxyl groups excluding tert-OH is 2. The third-order valence-electron chi connectivity index (χ3n) is 9.17. The van der Waals surface area contributed by atoms with Crippen LogP contribution in [0.3, 0.4) is 0 Å². The third-order valence-corrected chi connectivity index (χ3v) is 10.1. The second-order valence-electron chi connectivity index (χ2n) is 14.4. The number of allylic oxidation sites excluding steroid dienone is 2. The fourth-order valence-corrected chi connectivity index (χ4v) is 6.66. The summed E-state index contributed by atoms with van der Waals surface area (Å²) in [5.74, 6) is -0.921. The zero-order valence-electron chi connectivity index (χ0n) is 33.3. The average Bonchev–Trinajstić information content (AvgIpc) is 3.13. The Labute approximate surface area is 317 Å². The van der Waals surface area contributed by atoms with Crippen molar-refractivity contribution in [1.29, 1.82) is 0 Å². The van der Waals surface area contributed by atoms with Crippen LogP contribution >= 0.6 is 7.82 Å². The fourth-order valence-electron chi connectivity index (χ4n) is 5.87. The lowest BCUT2D eigenvalue weighted by Crippen LogP contribution is -2.29. The Morgan fingerprint density at radius 2 is 0.942 bits per heavy atom. The summed E-state index contributed by atoms with van der Waals surface area (Å²) < 4.78 is 32.7. The quantitative estimate of drug-likeness (QED) is 0.0238. The molecule has 0 amide bonds. The van der Waals surface area contributed by atoms with Crippen molar-refractivity contribution in [1.82, 2.24) is 0 Å². The summed E-state index contributed by atoms with van der Waals surface area (Å²) >= 11 is 0. The van der Waals surface area contributed by atoms with E-state index in [1.54, 1.807) is 0 Å². The molecule has 0 aromatic carbocycles. The predicted octanol–water partition coefficient (Wildman–Crippen LogP) is 10.8. The van der Waals surface area contributed by atoms with E-state index in [1.807, 2.05) is 0 Å². The number of aliphatic hydroxyl groups is 2. The van der Waals surface area contributed by atoms with Gasteiger partial charge in [0.25, 0.3) is 0 Å². The minimum atomic E-state index is -4.61. The number of phosphoric acid groups is 1. The third kappa shape index (κ3) is 37.0. The molecule has 0 spiro atoms. The van der Waals surface area contributed by atoms with Gasteiger partial charge in [-0.05, 0) is 38.5 Å². The summed E-state index contributed by atoms with van der Waals surface area (Å²) in [6.45, 7) is 2.38. The number of hydrogen-bond acceptors (Lipinski definition) is 9. The number of phosphoric ester groups is 1. The van der Waals surface area contributed by atoms with Crippen molar-refractivity contribution in [3.63, 3.8) is 0 Å². The predicted molar refractivity (Wildman–Crippen MR) is 210 cm³/mol. The molecule has 10 nitrogen and oxygen atoms in total. The van der Waals surface area contributed by atoms with Gasteiger partial charge in [-0.3, -0.25) is 18.6 Å². The van der Waals surface area contributed by atoms with Crippen LogP contribution in [0, 0.1) is 0 Å². The SMILES string of the molecule is CCCCCC/C=C/CCCCCCCCCC(=O)OC[C@H](COP(=O)(O)OC[C@@H](O)CO)OC(=O)CCCCCCCCCCCCCCCC. The van der Waals surface area contributed by atoms with Gasteiger partial charge >= 0.3 is 19.8 Å². The molecule has 0 rings (SSSR count). The Morgan fingerprint density at radius 1 is 0.558 bits per heavy atom. The molecule has 11 heteroatoms. The van der Waals surface area contributed by atoms with Crippen LogP contribution in [0.4, 0.5) is 0 Å². The normalized spacial score (nSPS) is 14.0. The first-order valence-electron chi connectivity index (χ1n) is 21.1. The zero-order chi connectivity index (χ0) is 38.4. The van der Waals surface area contributed by atoms with Crippen LogP contribution in [0.15, 0.2) is 12.2 Å². The lowest BCUT2D eigenvalue weighted by atomic mass is 10.0. The van der Waals surface area contributed by atoms with Gasteiger partial charge < -0.3 is 24.6 Å². The highest BCUT2D eigenvalue weighted by Crippen LogP contribution is 2.43. The average molecular weight is 763 g/mol. The van der Waals surface area contributed by atoms with Crippen molar-refractivity contribution in [2.24, 2.45) is 0 Å². The number of hydrogen-bond donors (Lipinski definition) is 3. The molecule has 3 atom stereocenters. The van der Waals surface area contributed by atoms with Gasteiger partial charge in [0.2, 0.25) is 0 Å². The van der Waals surface area contributed by atoms with Crippen molar-refractivity contribution in [3.05, 3.63) is 12.2 Å². The van der Waals surface area contributed by atoms with Gasteiger partial charge in [0.15, 0.2) is 6.10 Å². The van der Waals surface area contributed by atoms with Crippen LogP contribution in [0.2, 0.25) is 0 Å². The molecule has 0 aliphatic heterocycles. The minimum absolute atomic E-state index is 0.189. The van der Waals surface area contributed by atoms with Crippen LogP contribution in [-0.4, -0.2) is 65.7 Å². The Morgan fingerprint density at radius 3 is 1.40 bits per heavy atom. The lowest BCUT2D eigenvalue weighted by molar-refractivity contribution is -0.161. The van der Waals surface area contributed by atoms with Gasteiger partial charge in [0.05, 0.1) is 19.8 Å². The molecule has 0 heterocycles. The van der Waals surface area contributed by atoms with Crippen LogP contribution in [0.5, 0.6) is 0 Å². The first-order valence-corrected chi connectivity index (χ1v) is 22.6. The van der Waals surface area contributed by atoms with E-state index in [1.165, 1.54) is 116 Å². The van der Waals surface area contributed by atoms with E-state index in [0.717, 1.165) is 44.9 Å². The molecule has 0 aliphatic carbocycles. The summed E-state index contributed by atoms with van der Waals surface area (Å²) in [7, 11) is -4.61. The van der Waals surface area contributed by atoms with Gasteiger partial charge in [-0.2, -0.15) is 0 Å². The van der Waals surface area contributed by atoms with Gasteiger partial charge in [-0.15, -0.1) is 0 Å². The number of esters is 2. The maximum atomic E-state index is 12.6. The number of unbranched alkanes of at least 4 members (excludes halogenated alkanes) is 24. The molecule has 0 fully saturated rings. The maximum absolute atomic E-state index is 12.6. The van der Waals surface area contributed by atoms with Gasteiger partial charge in [0.1, 0.15) is 12.7 Å². The highest BCUT2D eigenvalue weighted by Gasteiger charge is 2.27. The summed E-state index contributed by atoms with van der Waals surface area (Å²) in [5.41, 5.74) is 0. The van der Waals surface area contributed by atoms with E-state index in [4.69, 9.17) is 19.1 Å². The van der Waals surface area contributed by atoms with Crippen LogP contribution in [0.1, 0.15) is 200 Å². The van der Waals surface area contributed by atoms with Crippen LogP contribution in [-0.2, 0) is 32.7 Å². The minimum Gasteiger partial charge on any atom is -0.462 e. The molecule has 1 unspecified atom stereocenters. The topological polar surface area (TPSA) is 149 Å². The highest BCUT2D eigenvalue weighted by molar-refractivity contribution is 7.47. The molecular weight excluding hydrogens is 683 g/mol. The second kappa shape index (κ2) is 38.0. The van der Waals surface area contributed by atoms with E-state index < -0.39 is 51.8 Å². The molecule has 3 N–H and O–H groups in total. The molecule has 0 aliphatic rings. The molecule has 0 aromatic rings. The van der Waals surface area contributed by atoms with Gasteiger partial charge in [-0.1, -0.05) is 161 Å². The first-order chi connectivity index (χ1) is 25.2. The van der Waals surface area contributed by atoms with Gasteiger partial charge in [-0.25, -0.2) is 4.57 Å². The van der Waals surface area contributed by atoms with Crippen molar-refractivity contribution in [3.8, 4) is 0 Å². The monoisotopic (exact) mass is 763 g/mol. The molecule has 0 aromatic heterocycles. The van der Waals surface area contributed by atoms with Crippen molar-refractivity contribution < 1.29 is 47.8 Å². The zero-order valence-corrected chi connectivity index (χ0v) is 34.2. The Kier molecular flexibility index (Phi) is 37.1. The highest BCUT2D eigenvalue weighted by atomic mass is 31.2. The Hall–Kier alpha value is -1.29. The van der Waals surface area contributed by atoms with Crippen LogP contribution < -0.4 is 0 Å². The smallest absolute Gasteiger partial charge is 0.462 e. The van der Waals surface area contributed by atoms with E-state index in [9.17, 15) is 24.2 Å². The van der Waals surface area contributed by atoms with Gasteiger partial charge in [0, 0.05) is 12.8 Å². The van der Waals surface area contributed by atoms with Crippen molar-refractivity contribution in [2.75, 3.05) is 26.4 Å². The second-order valence-corrected chi connectivity index (χ2v) is 15.8. The van der Waals surface area contributed by atoms with E-state index in [0.29, 0.717) is 12.8 Å². The fraction of sp³-hybridized carbons (Fsp3) is 0.902. The van der Waals surface area contributed by atoms with E-state index in [-0.39, 0.29) is 19.4 Å². The van der Waals surface area contributed by atoms with E-state index in [2.05, 4.69) is 30.5 Å². The van der Waals surface area contributed by atoms with Crippen molar-refractivity contribution in [2.45, 2.75) is 212 Å². The molecule has 0 saturated carbocycles. The lowest BCUT2D eigenvalue weighted by Gasteiger charge is -2.20. The summed E-state index contributed by atoms with van der Waals surface area (Å²) in [5, 5.41) is 18.3. The number of carbonyl (C=O) groups is 2. The standard InChI is InChI=1S/C41H79O10P/c1-3-5-7-9-11-13-15-17-19-21-22-24-26-28-30-32-40(44)48-36-39(37-50-52(46,47)49-35-38(43)34-42)51-41(45)33-31-29-27-25-23-20-18-16-14-12-10-8-6-4-2/h13,15,38-39,42-43H,3-12,14,16-37H2,1-2H3,(H,46,47)/b15-13+/t38-,39+/m0/s1. The molecule has 0 saturated heterocycles. The van der Waals surface area contributed by atoms with Crippen molar-refractivity contribution >= 4 is 19.8 Å². The van der Waals surface area contributed by atoms with E-state index >= 15 is 0 Å². The largest absolute Gasteiger partial charge is 0.472 e. The number of rotatable bonds is 40. The molecule has 0 bridgehead atoms. The molecule has 52 heavy (non-hydrogen) atoms.